The molecular formula is C31H27FN4O5. The third-order valence-electron chi connectivity index (χ3n) is 6.71. The molecule has 208 valence electrons. The summed E-state index contributed by atoms with van der Waals surface area (Å²) in [6.45, 7) is 0.518. The zero-order chi connectivity index (χ0) is 28.3. The van der Waals surface area contributed by atoms with Crippen molar-refractivity contribution in [1.82, 2.24) is 14.8 Å². The molecule has 1 amide bonds. The number of ether oxygens (including phenoxy) is 4. The normalized spacial score (nSPS) is 12.7. The summed E-state index contributed by atoms with van der Waals surface area (Å²) in [5.41, 5.74) is 2.01. The lowest BCUT2D eigenvalue weighted by Crippen LogP contribution is -2.15. The van der Waals surface area contributed by atoms with Crippen molar-refractivity contribution in [1.29, 1.82) is 0 Å². The third-order valence-corrected chi connectivity index (χ3v) is 6.71. The Kier molecular flexibility index (Phi) is 7.11. The van der Waals surface area contributed by atoms with Crippen molar-refractivity contribution in [2.45, 2.75) is 12.8 Å². The molecule has 0 bridgehead atoms. The molecule has 1 aliphatic carbocycles. The first-order valence-corrected chi connectivity index (χ1v) is 13.1. The highest BCUT2D eigenvalue weighted by molar-refractivity contribution is 6.04. The molecule has 0 aliphatic heterocycles. The van der Waals surface area contributed by atoms with Gasteiger partial charge in [0.1, 0.15) is 17.3 Å². The van der Waals surface area contributed by atoms with Crippen molar-refractivity contribution in [3.05, 3.63) is 90.6 Å². The largest absolute Gasteiger partial charge is 0.493 e. The van der Waals surface area contributed by atoms with Crippen LogP contribution in [-0.2, 0) is 0 Å². The van der Waals surface area contributed by atoms with Gasteiger partial charge in [-0.05, 0) is 79.4 Å². The molecule has 5 aromatic rings. The second-order valence-corrected chi connectivity index (χ2v) is 9.63. The van der Waals surface area contributed by atoms with E-state index in [0.29, 0.717) is 58.2 Å². The third kappa shape index (κ3) is 5.76. The first kappa shape index (κ1) is 26.1. The number of nitrogens with zero attached hydrogens (tertiary/aromatic N) is 3. The van der Waals surface area contributed by atoms with E-state index in [1.165, 1.54) is 16.8 Å². The SMILES string of the molecule is COc1cc2nccc(Oc3ccc(NC(=O)c4nn(-c5ccc(F)cc5)cc4OCC4CC4)cc3)c2cc1OC. The molecule has 10 heteroatoms. The van der Waals surface area contributed by atoms with Crippen LogP contribution in [0.3, 0.4) is 0 Å². The van der Waals surface area contributed by atoms with Gasteiger partial charge in [-0.25, -0.2) is 9.07 Å². The second kappa shape index (κ2) is 11.2. The zero-order valence-electron chi connectivity index (χ0n) is 22.5. The number of hydrogen-bond donors (Lipinski definition) is 1. The number of fused-ring (bicyclic) bond motifs is 1. The predicted molar refractivity (Wildman–Crippen MR) is 151 cm³/mol. The standard InChI is InChI=1S/C31H27FN4O5/c1-38-27-15-24-25(16-28(27)39-2)33-14-13-26(24)41-23-11-7-21(8-12-23)34-31(37)30-29(40-18-19-3-4-19)17-36(35-30)22-9-5-20(32)6-10-22/h5-17,19H,3-4,18H2,1-2H3,(H,34,37). The highest BCUT2D eigenvalue weighted by Crippen LogP contribution is 2.37. The van der Waals surface area contributed by atoms with Crippen molar-refractivity contribution in [2.75, 3.05) is 26.1 Å². The molecule has 9 nitrogen and oxygen atoms in total. The van der Waals surface area contributed by atoms with E-state index < -0.39 is 5.91 Å². The van der Waals surface area contributed by atoms with Crippen LogP contribution >= 0.6 is 0 Å². The monoisotopic (exact) mass is 554 g/mol. The van der Waals surface area contributed by atoms with Crippen molar-refractivity contribution in [2.24, 2.45) is 5.92 Å². The number of methoxy groups -OCH3 is 2. The highest BCUT2D eigenvalue weighted by Gasteiger charge is 2.25. The molecule has 0 atom stereocenters. The maximum absolute atomic E-state index is 13.4. The fraction of sp³-hybridized carbons (Fsp3) is 0.194. The van der Waals surface area contributed by atoms with E-state index in [-0.39, 0.29) is 11.5 Å². The molecule has 2 aromatic heterocycles. The number of nitrogens with one attached hydrogen (secondary N) is 1. The molecule has 0 spiro atoms. The van der Waals surface area contributed by atoms with Crippen molar-refractivity contribution in [3.63, 3.8) is 0 Å². The van der Waals surface area contributed by atoms with E-state index in [1.807, 2.05) is 6.07 Å². The van der Waals surface area contributed by atoms with Gasteiger partial charge >= 0.3 is 0 Å². The van der Waals surface area contributed by atoms with Gasteiger partial charge in [0.25, 0.3) is 5.91 Å². The summed E-state index contributed by atoms with van der Waals surface area (Å²) in [5, 5.41) is 8.08. The van der Waals surface area contributed by atoms with Crippen LogP contribution in [0.1, 0.15) is 23.3 Å². The molecule has 1 aliphatic rings. The number of amides is 1. The van der Waals surface area contributed by atoms with Crippen molar-refractivity contribution < 1.29 is 28.1 Å². The van der Waals surface area contributed by atoms with E-state index >= 15 is 0 Å². The Labute approximate surface area is 235 Å². The van der Waals surface area contributed by atoms with Crippen LogP contribution in [0.2, 0.25) is 0 Å². The van der Waals surface area contributed by atoms with E-state index in [9.17, 15) is 9.18 Å². The molecule has 1 N–H and O–H groups in total. The van der Waals surface area contributed by atoms with Gasteiger partial charge in [0.05, 0.1) is 38.2 Å². The fourth-order valence-corrected chi connectivity index (χ4v) is 4.30. The Morgan fingerprint density at radius 3 is 2.39 bits per heavy atom. The molecule has 3 aromatic carbocycles. The van der Waals surface area contributed by atoms with E-state index in [2.05, 4.69) is 15.4 Å². The number of hydrogen-bond acceptors (Lipinski definition) is 7. The van der Waals surface area contributed by atoms with Crippen molar-refractivity contribution >= 4 is 22.5 Å². The van der Waals surface area contributed by atoms with Gasteiger partial charge in [-0.2, -0.15) is 5.10 Å². The molecule has 1 saturated carbocycles. The van der Waals surface area contributed by atoms with Crippen LogP contribution in [0.4, 0.5) is 10.1 Å². The molecule has 41 heavy (non-hydrogen) atoms. The maximum atomic E-state index is 13.4. The number of rotatable bonds is 10. The lowest BCUT2D eigenvalue weighted by Gasteiger charge is -2.12. The smallest absolute Gasteiger partial charge is 0.280 e. The van der Waals surface area contributed by atoms with Gasteiger partial charge in [0.15, 0.2) is 22.9 Å². The van der Waals surface area contributed by atoms with Crippen LogP contribution in [0, 0.1) is 11.7 Å². The summed E-state index contributed by atoms with van der Waals surface area (Å²) < 4.78 is 37.8. The second-order valence-electron chi connectivity index (χ2n) is 9.63. The number of halogens is 1. The van der Waals surface area contributed by atoms with Gasteiger partial charge in [0, 0.05) is 23.3 Å². The first-order valence-electron chi connectivity index (χ1n) is 13.1. The topological polar surface area (TPSA) is 96.7 Å². The van der Waals surface area contributed by atoms with E-state index in [0.717, 1.165) is 18.2 Å². The van der Waals surface area contributed by atoms with Gasteiger partial charge in [-0.15, -0.1) is 0 Å². The van der Waals surface area contributed by atoms with Crippen LogP contribution in [0.25, 0.3) is 16.6 Å². The summed E-state index contributed by atoms with van der Waals surface area (Å²) >= 11 is 0. The van der Waals surface area contributed by atoms with E-state index in [1.54, 1.807) is 75.1 Å². The van der Waals surface area contributed by atoms with Crippen LogP contribution in [0.15, 0.2) is 79.1 Å². The highest BCUT2D eigenvalue weighted by atomic mass is 19.1. The Morgan fingerprint density at radius 1 is 0.951 bits per heavy atom. The van der Waals surface area contributed by atoms with Crippen LogP contribution < -0.4 is 24.3 Å². The number of pyridine rings is 1. The molecule has 0 unspecified atom stereocenters. The summed E-state index contributed by atoms with van der Waals surface area (Å²) in [6.07, 6.45) is 5.52. The quantitative estimate of drug-likeness (QED) is 0.213. The molecule has 1 fully saturated rings. The Balaban J connectivity index is 1.20. The lowest BCUT2D eigenvalue weighted by molar-refractivity contribution is 0.101. The van der Waals surface area contributed by atoms with Gasteiger partial charge in [-0.3, -0.25) is 9.78 Å². The molecule has 6 rings (SSSR count). The lowest BCUT2D eigenvalue weighted by atomic mass is 10.2. The molecular weight excluding hydrogens is 527 g/mol. The summed E-state index contributed by atoms with van der Waals surface area (Å²) in [4.78, 5) is 17.6. The van der Waals surface area contributed by atoms with Gasteiger partial charge in [0.2, 0.25) is 0 Å². The van der Waals surface area contributed by atoms with Crippen LogP contribution in [-0.4, -0.2) is 41.5 Å². The maximum Gasteiger partial charge on any atom is 0.280 e. The molecule has 0 radical (unpaired) electrons. The minimum atomic E-state index is -0.425. The Hall–Kier alpha value is -5.12. The van der Waals surface area contributed by atoms with Crippen LogP contribution in [0.5, 0.6) is 28.7 Å². The minimum Gasteiger partial charge on any atom is -0.493 e. The van der Waals surface area contributed by atoms with Crippen molar-refractivity contribution in [3.8, 4) is 34.4 Å². The Bertz CT molecular complexity index is 1700. The number of carbonyl (C=O) groups is 1. The number of carbonyl (C=O) groups excluding carboxylic acids is 1. The summed E-state index contributed by atoms with van der Waals surface area (Å²) in [7, 11) is 3.15. The summed E-state index contributed by atoms with van der Waals surface area (Å²) in [5.74, 6) is 2.39. The van der Waals surface area contributed by atoms with Gasteiger partial charge < -0.3 is 24.3 Å². The predicted octanol–water partition coefficient (Wildman–Crippen LogP) is 6.41. The molecule has 0 saturated heterocycles. The number of aromatic nitrogens is 3. The van der Waals surface area contributed by atoms with E-state index in [4.69, 9.17) is 18.9 Å². The number of benzene rings is 3. The van der Waals surface area contributed by atoms with Gasteiger partial charge in [-0.1, -0.05) is 0 Å². The average molecular weight is 555 g/mol. The number of anilines is 1. The zero-order valence-corrected chi connectivity index (χ0v) is 22.5. The minimum absolute atomic E-state index is 0.142. The first-order chi connectivity index (χ1) is 20.0. The fourth-order valence-electron chi connectivity index (χ4n) is 4.30. The molecule has 2 heterocycles. The Morgan fingerprint density at radius 2 is 1.68 bits per heavy atom. The summed E-state index contributed by atoms with van der Waals surface area (Å²) in [6, 6.07) is 18.2. The average Bonchev–Trinajstić information content (AvgIpc) is 3.73.